The summed E-state index contributed by atoms with van der Waals surface area (Å²) in [5, 5.41) is 0. The second-order valence-electron chi connectivity index (χ2n) is 9.12. The van der Waals surface area contributed by atoms with Gasteiger partial charge in [0.15, 0.2) is 0 Å². The van der Waals surface area contributed by atoms with Gasteiger partial charge in [-0.25, -0.2) is 0 Å². The van der Waals surface area contributed by atoms with Crippen LogP contribution in [0.25, 0.3) is 0 Å². The molecule has 0 radical (unpaired) electrons. The topological polar surface area (TPSA) is 0 Å². The lowest BCUT2D eigenvalue weighted by molar-refractivity contribution is 0.313. The standard InChI is InChI=1S/C24H46/c1-2-6-10-14-18-23(17-13-9-5-1)21-22-24-19-15-11-7-3-4-8-12-16-20-24/h23-24H,1-22H2. The smallest absolute Gasteiger partial charge is 0.0414 e. The summed E-state index contributed by atoms with van der Waals surface area (Å²) < 4.78 is 0. The van der Waals surface area contributed by atoms with E-state index in [0.717, 1.165) is 11.8 Å². The SMILES string of the molecule is C1CCCCCC(CCC2CCCCCCCCCC2)CCCC1. The summed E-state index contributed by atoms with van der Waals surface area (Å²) in [7, 11) is 0. The van der Waals surface area contributed by atoms with Crippen LogP contribution in [0.1, 0.15) is 141 Å². The van der Waals surface area contributed by atoms with E-state index in [1.807, 2.05) is 0 Å². The summed E-state index contributed by atoms with van der Waals surface area (Å²) in [6, 6.07) is 0. The van der Waals surface area contributed by atoms with Gasteiger partial charge in [-0.05, 0) is 11.8 Å². The van der Waals surface area contributed by atoms with Crippen molar-refractivity contribution in [2.45, 2.75) is 141 Å². The first-order valence-electron chi connectivity index (χ1n) is 11.9. The van der Waals surface area contributed by atoms with Crippen LogP contribution in [-0.4, -0.2) is 0 Å². The van der Waals surface area contributed by atoms with Crippen molar-refractivity contribution in [2.24, 2.45) is 11.8 Å². The molecule has 2 rings (SSSR count). The van der Waals surface area contributed by atoms with Gasteiger partial charge in [-0.1, -0.05) is 141 Å². The zero-order chi connectivity index (χ0) is 16.7. The summed E-state index contributed by atoms with van der Waals surface area (Å²) in [5.41, 5.74) is 0. The van der Waals surface area contributed by atoms with E-state index in [1.165, 1.54) is 103 Å². The maximum Gasteiger partial charge on any atom is -0.0414 e. The highest BCUT2D eigenvalue weighted by Gasteiger charge is 2.15. The molecule has 0 amide bonds. The van der Waals surface area contributed by atoms with Crippen LogP contribution in [0.5, 0.6) is 0 Å². The molecule has 0 saturated heterocycles. The molecule has 2 aliphatic rings. The Kier molecular flexibility index (Phi) is 12.0. The lowest BCUT2D eigenvalue weighted by Gasteiger charge is -2.21. The third-order valence-electron chi connectivity index (χ3n) is 6.93. The van der Waals surface area contributed by atoms with Gasteiger partial charge in [0.25, 0.3) is 0 Å². The summed E-state index contributed by atoms with van der Waals surface area (Å²) in [4.78, 5) is 0. The molecule has 24 heavy (non-hydrogen) atoms. The Balaban J connectivity index is 1.69. The number of rotatable bonds is 3. The van der Waals surface area contributed by atoms with Crippen LogP contribution >= 0.6 is 0 Å². The lowest BCUT2D eigenvalue weighted by atomic mass is 9.84. The molecular weight excluding hydrogens is 288 g/mol. The molecular formula is C24H46. The van der Waals surface area contributed by atoms with Crippen LogP contribution in [-0.2, 0) is 0 Å². The van der Waals surface area contributed by atoms with Gasteiger partial charge in [0.1, 0.15) is 0 Å². The highest BCUT2D eigenvalue weighted by Crippen LogP contribution is 2.30. The van der Waals surface area contributed by atoms with Gasteiger partial charge in [-0.2, -0.15) is 0 Å². The van der Waals surface area contributed by atoms with E-state index in [1.54, 1.807) is 38.5 Å². The molecule has 0 aromatic carbocycles. The molecule has 0 unspecified atom stereocenters. The second-order valence-corrected chi connectivity index (χ2v) is 9.12. The quantitative estimate of drug-likeness (QED) is 0.483. The van der Waals surface area contributed by atoms with E-state index >= 15 is 0 Å². The van der Waals surface area contributed by atoms with Gasteiger partial charge in [0, 0.05) is 0 Å². The van der Waals surface area contributed by atoms with Crippen molar-refractivity contribution in [1.82, 2.24) is 0 Å². The molecule has 0 heteroatoms. The fourth-order valence-electron chi connectivity index (χ4n) is 5.19. The first-order chi connectivity index (χ1) is 11.9. The van der Waals surface area contributed by atoms with Gasteiger partial charge in [-0.15, -0.1) is 0 Å². The van der Waals surface area contributed by atoms with Gasteiger partial charge in [0.2, 0.25) is 0 Å². The second kappa shape index (κ2) is 14.2. The van der Waals surface area contributed by atoms with Gasteiger partial charge < -0.3 is 0 Å². The van der Waals surface area contributed by atoms with E-state index in [-0.39, 0.29) is 0 Å². The Morgan fingerprint density at radius 2 is 0.500 bits per heavy atom. The average molecular weight is 335 g/mol. The van der Waals surface area contributed by atoms with E-state index in [4.69, 9.17) is 0 Å². The van der Waals surface area contributed by atoms with Crippen LogP contribution in [0.3, 0.4) is 0 Å². The van der Waals surface area contributed by atoms with Crippen molar-refractivity contribution in [3.8, 4) is 0 Å². The number of hydrogen-bond acceptors (Lipinski definition) is 0. The Labute approximate surface area is 153 Å². The maximum atomic E-state index is 1.56. The Morgan fingerprint density at radius 3 is 0.750 bits per heavy atom. The predicted octanol–water partition coefficient (Wildman–Crippen LogP) is 8.83. The molecule has 2 fully saturated rings. The minimum Gasteiger partial charge on any atom is -0.0533 e. The van der Waals surface area contributed by atoms with Crippen molar-refractivity contribution >= 4 is 0 Å². The first kappa shape index (κ1) is 20.3. The molecule has 142 valence electrons. The molecule has 0 nitrogen and oxygen atoms in total. The molecule has 2 saturated carbocycles. The molecule has 0 atom stereocenters. The van der Waals surface area contributed by atoms with Crippen molar-refractivity contribution < 1.29 is 0 Å². The summed E-state index contributed by atoms with van der Waals surface area (Å²) in [6.45, 7) is 0. The zero-order valence-corrected chi connectivity index (χ0v) is 16.7. The predicted molar refractivity (Wildman–Crippen MR) is 109 cm³/mol. The Bertz CT molecular complexity index is 217. The van der Waals surface area contributed by atoms with Crippen LogP contribution in [0.15, 0.2) is 0 Å². The third kappa shape index (κ3) is 10.1. The summed E-state index contributed by atoms with van der Waals surface area (Å²) >= 11 is 0. The fourth-order valence-corrected chi connectivity index (χ4v) is 5.19. The number of hydrogen-bond donors (Lipinski definition) is 0. The lowest BCUT2D eigenvalue weighted by Crippen LogP contribution is -2.07. The van der Waals surface area contributed by atoms with Gasteiger partial charge in [0.05, 0.1) is 0 Å². The van der Waals surface area contributed by atoms with E-state index in [0.29, 0.717) is 0 Å². The van der Waals surface area contributed by atoms with Gasteiger partial charge >= 0.3 is 0 Å². The highest BCUT2D eigenvalue weighted by molar-refractivity contribution is 4.68. The van der Waals surface area contributed by atoms with E-state index in [2.05, 4.69) is 0 Å². The molecule has 0 bridgehead atoms. The molecule has 0 aromatic heterocycles. The van der Waals surface area contributed by atoms with Crippen LogP contribution in [0.2, 0.25) is 0 Å². The maximum absolute atomic E-state index is 1.56. The average Bonchev–Trinajstić information content (AvgIpc) is 2.70. The Morgan fingerprint density at radius 1 is 0.292 bits per heavy atom. The molecule has 0 heterocycles. The molecule has 0 N–H and O–H groups in total. The largest absolute Gasteiger partial charge is 0.0533 e. The molecule has 0 aliphatic heterocycles. The monoisotopic (exact) mass is 334 g/mol. The fraction of sp³-hybridized carbons (Fsp3) is 1.00. The normalized spacial score (nSPS) is 25.5. The van der Waals surface area contributed by atoms with Crippen molar-refractivity contribution in [3.05, 3.63) is 0 Å². The minimum atomic E-state index is 1.07. The summed E-state index contributed by atoms with van der Waals surface area (Å²) in [6.07, 6.45) is 33.5. The van der Waals surface area contributed by atoms with Crippen molar-refractivity contribution in [3.63, 3.8) is 0 Å². The van der Waals surface area contributed by atoms with E-state index in [9.17, 15) is 0 Å². The van der Waals surface area contributed by atoms with E-state index < -0.39 is 0 Å². The van der Waals surface area contributed by atoms with Gasteiger partial charge in [-0.3, -0.25) is 0 Å². The Hall–Kier alpha value is 0. The molecule has 0 spiro atoms. The molecule has 0 aromatic rings. The van der Waals surface area contributed by atoms with Crippen LogP contribution < -0.4 is 0 Å². The zero-order valence-electron chi connectivity index (χ0n) is 16.7. The van der Waals surface area contributed by atoms with Crippen LogP contribution in [0.4, 0.5) is 0 Å². The third-order valence-corrected chi connectivity index (χ3v) is 6.93. The first-order valence-corrected chi connectivity index (χ1v) is 11.9. The van der Waals surface area contributed by atoms with Crippen molar-refractivity contribution in [1.29, 1.82) is 0 Å². The van der Waals surface area contributed by atoms with Crippen molar-refractivity contribution in [2.75, 3.05) is 0 Å². The molecule has 2 aliphatic carbocycles. The van der Waals surface area contributed by atoms with Crippen LogP contribution in [0, 0.1) is 11.8 Å². The summed E-state index contributed by atoms with van der Waals surface area (Å²) in [5.74, 6) is 2.14. The minimum absolute atomic E-state index is 1.07. The highest BCUT2D eigenvalue weighted by atomic mass is 14.2.